The molecule has 0 aromatic heterocycles. The molecule has 6 nitrogen and oxygen atoms in total. The molecule has 0 spiro atoms. The maximum Gasteiger partial charge on any atom is 0.251 e. The van der Waals surface area contributed by atoms with Gasteiger partial charge in [-0.2, -0.15) is 0 Å². The van der Waals surface area contributed by atoms with Crippen LogP contribution in [0.4, 0.5) is 5.69 Å². The lowest BCUT2D eigenvalue weighted by Crippen LogP contribution is -2.28. The van der Waals surface area contributed by atoms with Gasteiger partial charge in [0.2, 0.25) is 5.91 Å². The summed E-state index contributed by atoms with van der Waals surface area (Å²) in [6.45, 7) is 1.91. The number of hydrogen-bond acceptors (Lipinski definition) is 3. The van der Waals surface area contributed by atoms with E-state index in [4.69, 9.17) is 0 Å². The molecule has 1 fully saturated rings. The van der Waals surface area contributed by atoms with Gasteiger partial charge in [0.1, 0.15) is 5.92 Å². The highest BCUT2D eigenvalue weighted by Crippen LogP contribution is 2.13. The topological polar surface area (TPSA) is 87.3 Å². The molecule has 0 unspecified atom stereocenters. The summed E-state index contributed by atoms with van der Waals surface area (Å²) in [4.78, 5) is 34.2. The molecule has 0 aliphatic carbocycles. The standard InChI is InChI=1S/C12H13N3O3/c1-7-3-2-4-8(5-7)13-10(16)6-9-11(17)14-15-12(9)18/h2-5,9H,6H2,1H3,(H,13,16)(H,14,17)(H,15,18). The fourth-order valence-electron chi connectivity index (χ4n) is 1.72. The van der Waals surface area contributed by atoms with Gasteiger partial charge in [-0.15, -0.1) is 0 Å². The SMILES string of the molecule is Cc1cccc(NC(=O)CC2C(=O)NNC2=O)c1. The second-order valence-corrected chi connectivity index (χ2v) is 4.15. The predicted molar refractivity (Wildman–Crippen MR) is 64.2 cm³/mol. The van der Waals surface area contributed by atoms with Crippen LogP contribution in [0.5, 0.6) is 0 Å². The molecule has 1 heterocycles. The molecule has 1 aliphatic rings. The normalized spacial score (nSPS) is 15.2. The van der Waals surface area contributed by atoms with E-state index in [1.165, 1.54) is 0 Å². The van der Waals surface area contributed by atoms with Crippen LogP contribution in [0.15, 0.2) is 24.3 Å². The highest BCUT2D eigenvalue weighted by Gasteiger charge is 2.34. The molecule has 1 aromatic rings. The number of nitrogens with one attached hydrogen (secondary N) is 3. The van der Waals surface area contributed by atoms with Crippen LogP contribution in [0.25, 0.3) is 0 Å². The van der Waals surface area contributed by atoms with Crippen LogP contribution in [0.3, 0.4) is 0 Å². The quantitative estimate of drug-likeness (QED) is 0.662. The maximum absolute atomic E-state index is 11.7. The maximum atomic E-state index is 11.7. The van der Waals surface area contributed by atoms with E-state index in [1.807, 2.05) is 25.1 Å². The number of hydrazine groups is 1. The Labute approximate surface area is 104 Å². The van der Waals surface area contributed by atoms with Gasteiger partial charge in [0, 0.05) is 12.1 Å². The summed E-state index contributed by atoms with van der Waals surface area (Å²) in [5.41, 5.74) is 6.03. The van der Waals surface area contributed by atoms with Crippen molar-refractivity contribution in [2.75, 3.05) is 5.32 Å². The Morgan fingerprint density at radius 1 is 1.28 bits per heavy atom. The predicted octanol–water partition coefficient (Wildman–Crippen LogP) is 0.101. The average Bonchev–Trinajstić information content (AvgIpc) is 2.61. The minimum atomic E-state index is -0.949. The van der Waals surface area contributed by atoms with Crippen molar-refractivity contribution in [3.05, 3.63) is 29.8 Å². The van der Waals surface area contributed by atoms with Crippen molar-refractivity contribution in [3.63, 3.8) is 0 Å². The number of aryl methyl sites for hydroxylation is 1. The van der Waals surface area contributed by atoms with Crippen LogP contribution in [0.1, 0.15) is 12.0 Å². The molecule has 0 atom stereocenters. The molecule has 3 N–H and O–H groups in total. The van der Waals surface area contributed by atoms with Crippen LogP contribution < -0.4 is 16.2 Å². The molecule has 1 saturated heterocycles. The van der Waals surface area contributed by atoms with E-state index >= 15 is 0 Å². The highest BCUT2D eigenvalue weighted by molar-refractivity contribution is 6.08. The number of benzene rings is 1. The molecular formula is C12H13N3O3. The fraction of sp³-hybridized carbons (Fsp3) is 0.250. The lowest BCUT2D eigenvalue weighted by atomic mass is 10.1. The summed E-state index contributed by atoms with van der Waals surface area (Å²) >= 11 is 0. The van der Waals surface area contributed by atoms with Crippen molar-refractivity contribution >= 4 is 23.4 Å². The third-order valence-corrected chi connectivity index (χ3v) is 2.63. The Hall–Kier alpha value is -2.37. The second-order valence-electron chi connectivity index (χ2n) is 4.15. The van der Waals surface area contributed by atoms with E-state index in [9.17, 15) is 14.4 Å². The molecule has 3 amide bonds. The van der Waals surface area contributed by atoms with Crippen LogP contribution in [-0.2, 0) is 14.4 Å². The zero-order chi connectivity index (χ0) is 13.1. The van der Waals surface area contributed by atoms with Crippen molar-refractivity contribution in [2.24, 2.45) is 5.92 Å². The zero-order valence-electron chi connectivity index (χ0n) is 9.82. The van der Waals surface area contributed by atoms with Gasteiger partial charge >= 0.3 is 0 Å². The molecule has 6 heteroatoms. The average molecular weight is 247 g/mol. The van der Waals surface area contributed by atoms with Crippen LogP contribution in [-0.4, -0.2) is 17.7 Å². The first kappa shape index (κ1) is 12.1. The van der Waals surface area contributed by atoms with E-state index in [-0.39, 0.29) is 12.3 Å². The third kappa shape index (κ3) is 2.65. The summed E-state index contributed by atoms with van der Waals surface area (Å²) < 4.78 is 0. The van der Waals surface area contributed by atoms with E-state index < -0.39 is 17.7 Å². The third-order valence-electron chi connectivity index (χ3n) is 2.63. The Morgan fingerprint density at radius 2 is 1.94 bits per heavy atom. The zero-order valence-corrected chi connectivity index (χ0v) is 9.82. The number of rotatable bonds is 3. The number of carbonyl (C=O) groups excluding carboxylic acids is 3. The Morgan fingerprint density at radius 3 is 2.56 bits per heavy atom. The molecule has 0 bridgehead atoms. The van der Waals surface area contributed by atoms with Gasteiger partial charge in [-0.05, 0) is 24.6 Å². The summed E-state index contributed by atoms with van der Waals surface area (Å²) in [7, 11) is 0. The summed E-state index contributed by atoms with van der Waals surface area (Å²) in [5, 5.41) is 2.65. The molecule has 18 heavy (non-hydrogen) atoms. The number of anilines is 1. The number of carbonyl (C=O) groups is 3. The van der Waals surface area contributed by atoms with Gasteiger partial charge in [0.15, 0.2) is 0 Å². The largest absolute Gasteiger partial charge is 0.326 e. The molecule has 2 rings (SSSR count). The highest BCUT2D eigenvalue weighted by atomic mass is 16.2. The minimum Gasteiger partial charge on any atom is -0.326 e. The first-order valence-electron chi connectivity index (χ1n) is 5.52. The van der Waals surface area contributed by atoms with Crippen molar-refractivity contribution in [1.82, 2.24) is 10.9 Å². The van der Waals surface area contributed by atoms with Gasteiger partial charge in [0.05, 0.1) is 0 Å². The lowest BCUT2D eigenvalue weighted by Gasteiger charge is -2.07. The lowest BCUT2D eigenvalue weighted by molar-refractivity contribution is -0.131. The molecule has 0 saturated carbocycles. The van der Waals surface area contributed by atoms with Crippen molar-refractivity contribution in [2.45, 2.75) is 13.3 Å². The van der Waals surface area contributed by atoms with Gasteiger partial charge in [-0.3, -0.25) is 25.2 Å². The van der Waals surface area contributed by atoms with Crippen LogP contribution in [0, 0.1) is 12.8 Å². The van der Waals surface area contributed by atoms with Crippen molar-refractivity contribution in [1.29, 1.82) is 0 Å². The summed E-state index contributed by atoms with van der Waals surface area (Å²) in [6, 6.07) is 7.29. The minimum absolute atomic E-state index is 0.161. The van der Waals surface area contributed by atoms with Crippen LogP contribution >= 0.6 is 0 Å². The molecule has 94 valence electrons. The molecular weight excluding hydrogens is 234 g/mol. The smallest absolute Gasteiger partial charge is 0.251 e. The van der Waals surface area contributed by atoms with E-state index in [0.29, 0.717) is 5.69 Å². The number of amides is 3. The number of hydrogen-bond donors (Lipinski definition) is 3. The monoisotopic (exact) mass is 247 g/mol. The second kappa shape index (κ2) is 4.87. The summed E-state index contributed by atoms with van der Waals surface area (Å²) in [6.07, 6.45) is -0.161. The van der Waals surface area contributed by atoms with Crippen molar-refractivity contribution in [3.8, 4) is 0 Å². The van der Waals surface area contributed by atoms with Gasteiger partial charge in [0.25, 0.3) is 11.8 Å². The van der Waals surface area contributed by atoms with E-state index in [2.05, 4.69) is 16.2 Å². The summed E-state index contributed by atoms with van der Waals surface area (Å²) in [5.74, 6) is -2.26. The fourth-order valence-corrected chi connectivity index (χ4v) is 1.72. The van der Waals surface area contributed by atoms with Gasteiger partial charge in [-0.1, -0.05) is 12.1 Å². The molecule has 1 aromatic carbocycles. The van der Waals surface area contributed by atoms with Crippen molar-refractivity contribution < 1.29 is 14.4 Å². The van der Waals surface area contributed by atoms with Crippen LogP contribution in [0.2, 0.25) is 0 Å². The van der Waals surface area contributed by atoms with E-state index in [0.717, 1.165) is 5.56 Å². The Kier molecular flexibility index (Phi) is 3.27. The van der Waals surface area contributed by atoms with Gasteiger partial charge < -0.3 is 5.32 Å². The molecule has 1 aliphatic heterocycles. The first-order valence-corrected chi connectivity index (χ1v) is 5.52. The van der Waals surface area contributed by atoms with Gasteiger partial charge in [-0.25, -0.2) is 0 Å². The first-order chi connectivity index (χ1) is 8.56. The molecule has 0 radical (unpaired) electrons. The van der Waals surface area contributed by atoms with E-state index in [1.54, 1.807) is 6.07 Å². The Balaban J connectivity index is 1.97. The Bertz CT molecular complexity index is 497.